The van der Waals surface area contributed by atoms with Crippen LogP contribution in [0.3, 0.4) is 0 Å². The fourth-order valence-electron chi connectivity index (χ4n) is 3.35. The van der Waals surface area contributed by atoms with Crippen molar-refractivity contribution in [2.75, 3.05) is 0 Å². The molecule has 5 nitrogen and oxygen atoms in total. The number of rotatable bonds is 0. The second kappa shape index (κ2) is 6.37. The average molecular weight is 354 g/mol. The normalized spacial score (nSPS) is 14.7. The van der Waals surface area contributed by atoms with Gasteiger partial charge in [0.25, 0.3) is 5.56 Å². The summed E-state index contributed by atoms with van der Waals surface area (Å²) < 4.78 is 1.80. The first-order valence-corrected chi connectivity index (χ1v) is 8.87. The molecule has 132 valence electrons. The molecular weight excluding hydrogens is 336 g/mol. The smallest absolute Gasteiger partial charge is 0.261 e. The first kappa shape index (κ1) is 17.0. The third kappa shape index (κ3) is 3.32. The van der Waals surface area contributed by atoms with Crippen LogP contribution in [0.15, 0.2) is 41.3 Å². The molecule has 2 aromatic heterocycles. The molecule has 0 amide bonds. The van der Waals surface area contributed by atoms with Gasteiger partial charge in [-0.25, -0.2) is 9.97 Å². The molecule has 0 saturated carbocycles. The van der Waals surface area contributed by atoms with E-state index in [0.717, 1.165) is 24.2 Å². The molecule has 0 fully saturated rings. The van der Waals surface area contributed by atoms with Crippen molar-refractivity contribution in [3.8, 4) is 17.9 Å². The molecule has 0 radical (unpaired) electrons. The van der Waals surface area contributed by atoms with Crippen molar-refractivity contribution in [1.29, 1.82) is 5.26 Å². The summed E-state index contributed by atoms with van der Waals surface area (Å²) in [6.45, 7) is 5.13. The summed E-state index contributed by atoms with van der Waals surface area (Å²) in [7, 11) is 0. The Bertz CT molecular complexity index is 1220. The van der Waals surface area contributed by atoms with Crippen molar-refractivity contribution in [2.45, 2.75) is 33.2 Å². The maximum Gasteiger partial charge on any atom is 0.261 e. The lowest BCUT2D eigenvalue weighted by Crippen LogP contribution is -2.35. The van der Waals surface area contributed by atoms with Crippen LogP contribution in [0.1, 0.15) is 42.9 Å². The molecule has 1 aromatic carbocycles. The SMILES string of the molecule is CC1(C)CCn2c(nc3cc(C#Cc4cc(C#N)ccn4)ccc3c2=O)C1. The number of hydrogen-bond donors (Lipinski definition) is 0. The van der Waals surface area contributed by atoms with E-state index >= 15 is 0 Å². The van der Waals surface area contributed by atoms with Crippen LogP contribution < -0.4 is 5.56 Å². The second-order valence-electron chi connectivity index (χ2n) is 7.60. The Balaban J connectivity index is 1.76. The monoisotopic (exact) mass is 354 g/mol. The van der Waals surface area contributed by atoms with Crippen LogP contribution in [0.5, 0.6) is 0 Å². The largest absolute Gasteiger partial charge is 0.296 e. The molecule has 27 heavy (non-hydrogen) atoms. The Hall–Kier alpha value is -3.44. The number of benzene rings is 1. The summed E-state index contributed by atoms with van der Waals surface area (Å²) in [6.07, 6.45) is 3.34. The molecule has 0 unspecified atom stereocenters. The van der Waals surface area contributed by atoms with Crippen LogP contribution in [0, 0.1) is 28.6 Å². The van der Waals surface area contributed by atoms with Crippen molar-refractivity contribution in [1.82, 2.24) is 14.5 Å². The van der Waals surface area contributed by atoms with Gasteiger partial charge in [0.2, 0.25) is 0 Å². The van der Waals surface area contributed by atoms with E-state index in [1.165, 1.54) is 0 Å². The van der Waals surface area contributed by atoms with E-state index in [9.17, 15) is 4.79 Å². The maximum absolute atomic E-state index is 12.8. The topological polar surface area (TPSA) is 71.6 Å². The number of hydrogen-bond acceptors (Lipinski definition) is 4. The molecule has 0 spiro atoms. The van der Waals surface area contributed by atoms with Crippen LogP contribution in [-0.4, -0.2) is 14.5 Å². The second-order valence-corrected chi connectivity index (χ2v) is 7.60. The minimum atomic E-state index is 0.0217. The Morgan fingerprint density at radius 3 is 2.81 bits per heavy atom. The van der Waals surface area contributed by atoms with Crippen LogP contribution in [-0.2, 0) is 13.0 Å². The number of fused-ring (bicyclic) bond motifs is 2. The molecule has 5 heteroatoms. The quantitative estimate of drug-likeness (QED) is 0.582. The molecule has 3 heterocycles. The van der Waals surface area contributed by atoms with Gasteiger partial charge in [-0.2, -0.15) is 5.26 Å². The highest BCUT2D eigenvalue weighted by molar-refractivity contribution is 5.79. The standard InChI is InChI=1S/C22H18N4O/c1-22(2)8-10-26-20(13-22)25-19-12-15(4-6-18(19)21(26)27)3-5-17-11-16(14-23)7-9-24-17/h4,6-7,9,11-12H,8,10,13H2,1-2H3. The van der Waals surface area contributed by atoms with Crippen molar-refractivity contribution in [3.63, 3.8) is 0 Å². The molecule has 1 aliphatic heterocycles. The van der Waals surface area contributed by atoms with Crippen LogP contribution in [0.25, 0.3) is 10.9 Å². The molecular formula is C22H18N4O. The Kier molecular flexibility index (Phi) is 4.01. The molecule has 0 aliphatic carbocycles. The van der Waals surface area contributed by atoms with E-state index in [1.807, 2.05) is 12.1 Å². The van der Waals surface area contributed by atoms with E-state index < -0.39 is 0 Å². The van der Waals surface area contributed by atoms with Gasteiger partial charge in [-0.1, -0.05) is 19.8 Å². The highest BCUT2D eigenvalue weighted by Crippen LogP contribution is 2.30. The Morgan fingerprint density at radius 2 is 2.00 bits per heavy atom. The number of aromatic nitrogens is 3. The van der Waals surface area contributed by atoms with Gasteiger partial charge in [0.05, 0.1) is 22.5 Å². The molecule has 0 bridgehead atoms. The van der Waals surface area contributed by atoms with Gasteiger partial charge >= 0.3 is 0 Å². The van der Waals surface area contributed by atoms with Crippen molar-refractivity contribution in [2.24, 2.45) is 5.41 Å². The minimum absolute atomic E-state index is 0.0217. The number of pyridine rings is 1. The number of nitrogens with zero attached hydrogens (tertiary/aromatic N) is 4. The molecule has 4 rings (SSSR count). The van der Waals surface area contributed by atoms with Gasteiger partial charge in [-0.15, -0.1) is 0 Å². The van der Waals surface area contributed by atoms with Crippen LogP contribution in [0.2, 0.25) is 0 Å². The predicted molar refractivity (Wildman–Crippen MR) is 103 cm³/mol. The minimum Gasteiger partial charge on any atom is -0.296 e. The van der Waals surface area contributed by atoms with Crippen molar-refractivity contribution >= 4 is 10.9 Å². The lowest BCUT2D eigenvalue weighted by atomic mass is 9.83. The highest BCUT2D eigenvalue weighted by atomic mass is 16.1. The van der Waals surface area contributed by atoms with Crippen LogP contribution >= 0.6 is 0 Å². The van der Waals surface area contributed by atoms with Gasteiger partial charge in [-0.05, 0) is 48.1 Å². The molecule has 0 atom stereocenters. The molecule has 3 aromatic rings. The van der Waals surface area contributed by atoms with Crippen molar-refractivity contribution in [3.05, 3.63) is 69.5 Å². The van der Waals surface area contributed by atoms with Gasteiger partial charge in [0.1, 0.15) is 11.5 Å². The van der Waals surface area contributed by atoms with Crippen LogP contribution in [0.4, 0.5) is 0 Å². The Labute approximate surface area is 157 Å². The zero-order valence-electron chi connectivity index (χ0n) is 15.3. The molecule has 0 N–H and O–H groups in total. The first-order chi connectivity index (χ1) is 12.9. The average Bonchev–Trinajstić information content (AvgIpc) is 2.65. The van der Waals surface area contributed by atoms with Gasteiger partial charge < -0.3 is 0 Å². The van der Waals surface area contributed by atoms with Gasteiger partial charge in [0, 0.05) is 24.7 Å². The lowest BCUT2D eigenvalue weighted by molar-refractivity contribution is 0.261. The van der Waals surface area contributed by atoms with Gasteiger partial charge in [0.15, 0.2) is 0 Å². The maximum atomic E-state index is 12.8. The van der Waals surface area contributed by atoms with E-state index in [0.29, 0.717) is 28.7 Å². The highest BCUT2D eigenvalue weighted by Gasteiger charge is 2.27. The first-order valence-electron chi connectivity index (χ1n) is 8.87. The van der Waals surface area contributed by atoms with E-state index in [4.69, 9.17) is 10.2 Å². The fraction of sp³-hybridized carbons (Fsp3) is 0.273. The van der Waals surface area contributed by atoms with E-state index in [2.05, 4.69) is 36.7 Å². The summed E-state index contributed by atoms with van der Waals surface area (Å²) in [6, 6.07) is 10.8. The lowest BCUT2D eigenvalue weighted by Gasteiger charge is -2.31. The zero-order valence-corrected chi connectivity index (χ0v) is 15.3. The van der Waals surface area contributed by atoms with E-state index in [1.54, 1.807) is 29.0 Å². The molecule has 0 saturated heterocycles. The fourth-order valence-corrected chi connectivity index (χ4v) is 3.35. The zero-order chi connectivity index (χ0) is 19.0. The van der Waals surface area contributed by atoms with Crippen molar-refractivity contribution < 1.29 is 0 Å². The third-order valence-corrected chi connectivity index (χ3v) is 4.91. The summed E-state index contributed by atoms with van der Waals surface area (Å²) in [5.41, 5.74) is 2.68. The summed E-state index contributed by atoms with van der Waals surface area (Å²) in [5, 5.41) is 9.58. The summed E-state index contributed by atoms with van der Waals surface area (Å²) in [5.74, 6) is 6.86. The van der Waals surface area contributed by atoms with Gasteiger partial charge in [-0.3, -0.25) is 9.36 Å². The molecule has 1 aliphatic rings. The summed E-state index contributed by atoms with van der Waals surface area (Å²) in [4.78, 5) is 21.7. The van der Waals surface area contributed by atoms with E-state index in [-0.39, 0.29) is 11.0 Å². The Morgan fingerprint density at radius 1 is 1.15 bits per heavy atom. The number of nitriles is 1. The summed E-state index contributed by atoms with van der Waals surface area (Å²) >= 11 is 0. The third-order valence-electron chi connectivity index (χ3n) is 4.91. The predicted octanol–water partition coefficient (Wildman–Crippen LogP) is 3.04.